The van der Waals surface area contributed by atoms with Gasteiger partial charge in [-0.3, -0.25) is 4.68 Å². The Hall–Kier alpha value is -1.81. The minimum atomic E-state index is 0.537. The van der Waals surface area contributed by atoms with Crippen LogP contribution in [0.5, 0.6) is 5.75 Å². The van der Waals surface area contributed by atoms with E-state index in [-0.39, 0.29) is 0 Å². The van der Waals surface area contributed by atoms with Crippen molar-refractivity contribution in [2.75, 3.05) is 7.11 Å². The predicted octanol–water partition coefficient (Wildman–Crippen LogP) is 1.71. The summed E-state index contributed by atoms with van der Waals surface area (Å²) < 4.78 is 7.24. The Labute approximate surface area is 101 Å². The molecule has 0 aliphatic heterocycles. The number of hydrogen-bond acceptors (Lipinski definition) is 3. The quantitative estimate of drug-likeness (QED) is 0.871. The lowest BCUT2D eigenvalue weighted by molar-refractivity contribution is 0.407. The lowest BCUT2D eigenvalue weighted by Crippen LogP contribution is -2.04. The normalized spacial score (nSPS) is 10.5. The Kier molecular flexibility index (Phi) is 3.44. The molecule has 0 saturated carbocycles. The summed E-state index contributed by atoms with van der Waals surface area (Å²) in [5.74, 6) is 0.871. The third kappa shape index (κ3) is 2.65. The molecule has 0 unspecified atom stereocenters. The molecule has 0 atom stereocenters. The zero-order valence-corrected chi connectivity index (χ0v) is 10.2. The molecular weight excluding hydrogens is 214 g/mol. The zero-order chi connectivity index (χ0) is 12.3. The van der Waals surface area contributed by atoms with E-state index in [2.05, 4.69) is 11.2 Å². The van der Waals surface area contributed by atoms with Gasteiger partial charge in [0, 0.05) is 18.3 Å². The van der Waals surface area contributed by atoms with Gasteiger partial charge in [-0.15, -0.1) is 0 Å². The van der Waals surface area contributed by atoms with E-state index in [1.807, 2.05) is 36.1 Å². The fourth-order valence-corrected chi connectivity index (χ4v) is 1.81. The number of hydrogen-bond donors (Lipinski definition) is 1. The lowest BCUT2D eigenvalue weighted by Gasteiger charge is -2.10. The summed E-state index contributed by atoms with van der Waals surface area (Å²) >= 11 is 0. The largest absolute Gasteiger partial charge is 0.496 e. The first-order chi connectivity index (χ1) is 8.22. The maximum atomic E-state index is 5.64. The van der Waals surface area contributed by atoms with E-state index in [1.54, 1.807) is 7.11 Å². The number of methoxy groups -OCH3 is 1. The summed E-state index contributed by atoms with van der Waals surface area (Å²) in [7, 11) is 1.68. The minimum Gasteiger partial charge on any atom is -0.496 e. The standard InChI is InChI=1S/C13H17N3O/c1-10-7-15-16(8-10)9-12-5-11(6-14)3-4-13(12)17-2/h3-5,7-8H,6,9,14H2,1-2H3. The van der Waals surface area contributed by atoms with E-state index in [0.29, 0.717) is 13.1 Å². The van der Waals surface area contributed by atoms with Gasteiger partial charge in [0.1, 0.15) is 5.75 Å². The Bertz CT molecular complexity index is 505. The van der Waals surface area contributed by atoms with Crippen LogP contribution in [0, 0.1) is 6.92 Å². The van der Waals surface area contributed by atoms with Crippen LogP contribution in [0.25, 0.3) is 0 Å². The van der Waals surface area contributed by atoms with Gasteiger partial charge in [-0.1, -0.05) is 6.07 Å². The number of rotatable bonds is 4. The van der Waals surface area contributed by atoms with E-state index < -0.39 is 0 Å². The van der Waals surface area contributed by atoms with Crippen molar-refractivity contribution in [1.82, 2.24) is 9.78 Å². The molecule has 17 heavy (non-hydrogen) atoms. The van der Waals surface area contributed by atoms with Gasteiger partial charge in [0.2, 0.25) is 0 Å². The SMILES string of the molecule is COc1ccc(CN)cc1Cn1cc(C)cn1. The third-order valence-electron chi connectivity index (χ3n) is 2.68. The molecule has 0 fully saturated rings. The molecule has 2 rings (SSSR count). The molecule has 4 heteroatoms. The lowest BCUT2D eigenvalue weighted by atomic mass is 10.1. The summed E-state index contributed by atoms with van der Waals surface area (Å²) in [5, 5.41) is 4.27. The molecule has 2 aromatic rings. The van der Waals surface area contributed by atoms with E-state index in [0.717, 1.165) is 22.4 Å². The molecule has 2 N–H and O–H groups in total. The highest BCUT2D eigenvalue weighted by Gasteiger charge is 2.05. The molecule has 1 aromatic heterocycles. The van der Waals surface area contributed by atoms with Crippen LogP contribution in [0.4, 0.5) is 0 Å². The van der Waals surface area contributed by atoms with Gasteiger partial charge in [-0.05, 0) is 30.2 Å². The molecule has 90 valence electrons. The molecular formula is C13H17N3O. The van der Waals surface area contributed by atoms with Crippen molar-refractivity contribution in [3.8, 4) is 5.75 Å². The van der Waals surface area contributed by atoms with Crippen LogP contribution in [0.3, 0.4) is 0 Å². The maximum Gasteiger partial charge on any atom is 0.123 e. The van der Waals surface area contributed by atoms with E-state index in [4.69, 9.17) is 10.5 Å². The van der Waals surface area contributed by atoms with Crippen molar-refractivity contribution in [2.24, 2.45) is 5.73 Å². The molecule has 1 aromatic carbocycles. The molecule has 1 heterocycles. The van der Waals surface area contributed by atoms with Crippen molar-refractivity contribution in [1.29, 1.82) is 0 Å². The van der Waals surface area contributed by atoms with Gasteiger partial charge >= 0.3 is 0 Å². The summed E-state index contributed by atoms with van der Waals surface area (Å²) in [5.41, 5.74) is 8.99. The third-order valence-corrected chi connectivity index (χ3v) is 2.68. The molecule has 4 nitrogen and oxygen atoms in total. The molecule has 0 radical (unpaired) electrons. The van der Waals surface area contributed by atoms with E-state index >= 15 is 0 Å². The predicted molar refractivity (Wildman–Crippen MR) is 67.0 cm³/mol. The number of nitrogens with zero attached hydrogens (tertiary/aromatic N) is 2. The van der Waals surface area contributed by atoms with Gasteiger partial charge in [0.25, 0.3) is 0 Å². The number of benzene rings is 1. The van der Waals surface area contributed by atoms with Crippen molar-refractivity contribution in [2.45, 2.75) is 20.0 Å². The Balaban J connectivity index is 2.29. The fourth-order valence-electron chi connectivity index (χ4n) is 1.81. The molecule has 0 aliphatic rings. The molecule has 0 spiro atoms. The number of nitrogens with two attached hydrogens (primary N) is 1. The van der Waals surface area contributed by atoms with Crippen LogP contribution in [0.1, 0.15) is 16.7 Å². The van der Waals surface area contributed by atoms with Crippen molar-refractivity contribution in [3.63, 3.8) is 0 Å². The molecule has 0 saturated heterocycles. The highest BCUT2D eigenvalue weighted by Crippen LogP contribution is 2.20. The number of aromatic nitrogens is 2. The van der Waals surface area contributed by atoms with Crippen molar-refractivity contribution in [3.05, 3.63) is 47.3 Å². The topological polar surface area (TPSA) is 53.1 Å². The van der Waals surface area contributed by atoms with Crippen molar-refractivity contribution >= 4 is 0 Å². The number of aryl methyl sites for hydroxylation is 1. The average molecular weight is 231 g/mol. The second-order valence-electron chi connectivity index (χ2n) is 4.07. The zero-order valence-electron chi connectivity index (χ0n) is 10.2. The minimum absolute atomic E-state index is 0.537. The Morgan fingerprint density at radius 3 is 2.82 bits per heavy atom. The molecule has 0 aliphatic carbocycles. The van der Waals surface area contributed by atoms with E-state index in [1.165, 1.54) is 0 Å². The average Bonchev–Trinajstić information content (AvgIpc) is 2.74. The summed E-state index contributed by atoms with van der Waals surface area (Å²) in [4.78, 5) is 0. The first-order valence-corrected chi connectivity index (χ1v) is 5.58. The van der Waals surface area contributed by atoms with Crippen LogP contribution in [0.2, 0.25) is 0 Å². The number of ether oxygens (including phenoxy) is 1. The van der Waals surface area contributed by atoms with Gasteiger partial charge in [-0.25, -0.2) is 0 Å². The Morgan fingerprint density at radius 2 is 2.24 bits per heavy atom. The molecule has 0 bridgehead atoms. The Morgan fingerprint density at radius 1 is 1.41 bits per heavy atom. The highest BCUT2D eigenvalue weighted by atomic mass is 16.5. The van der Waals surface area contributed by atoms with Crippen LogP contribution in [-0.4, -0.2) is 16.9 Å². The fraction of sp³-hybridized carbons (Fsp3) is 0.308. The maximum absolute atomic E-state index is 5.64. The van der Waals surface area contributed by atoms with Gasteiger partial charge < -0.3 is 10.5 Å². The second kappa shape index (κ2) is 5.01. The van der Waals surface area contributed by atoms with Crippen molar-refractivity contribution < 1.29 is 4.74 Å². The highest BCUT2D eigenvalue weighted by molar-refractivity contribution is 5.37. The first-order valence-electron chi connectivity index (χ1n) is 5.58. The summed E-state index contributed by atoms with van der Waals surface area (Å²) in [6, 6.07) is 6.00. The molecule has 0 amide bonds. The van der Waals surface area contributed by atoms with Gasteiger partial charge in [0.05, 0.1) is 19.9 Å². The summed E-state index contributed by atoms with van der Waals surface area (Å²) in [6.07, 6.45) is 3.85. The van der Waals surface area contributed by atoms with Gasteiger partial charge in [-0.2, -0.15) is 5.10 Å². The van der Waals surface area contributed by atoms with Crippen LogP contribution < -0.4 is 10.5 Å². The van der Waals surface area contributed by atoms with Gasteiger partial charge in [0.15, 0.2) is 0 Å². The van der Waals surface area contributed by atoms with E-state index in [9.17, 15) is 0 Å². The first kappa shape index (κ1) is 11.7. The summed E-state index contributed by atoms with van der Waals surface area (Å²) in [6.45, 7) is 3.26. The monoisotopic (exact) mass is 231 g/mol. The van der Waals surface area contributed by atoms with Crippen LogP contribution in [-0.2, 0) is 13.1 Å². The van der Waals surface area contributed by atoms with Crippen LogP contribution >= 0.6 is 0 Å². The second-order valence-corrected chi connectivity index (χ2v) is 4.07. The van der Waals surface area contributed by atoms with Crippen LogP contribution in [0.15, 0.2) is 30.6 Å². The smallest absolute Gasteiger partial charge is 0.123 e.